The second kappa shape index (κ2) is 10.5. The van der Waals surface area contributed by atoms with Crippen LogP contribution in [0.4, 0.5) is 5.69 Å². The predicted molar refractivity (Wildman–Crippen MR) is 141 cm³/mol. The number of aliphatic hydroxyl groups excluding tert-OH is 1. The van der Waals surface area contributed by atoms with Gasteiger partial charge in [0.05, 0.1) is 29.9 Å². The van der Waals surface area contributed by atoms with Crippen LogP contribution in [0.3, 0.4) is 0 Å². The molecule has 3 aromatic carbocycles. The molecule has 0 radical (unpaired) electrons. The fourth-order valence-corrected chi connectivity index (χ4v) is 4.47. The average molecular weight is 506 g/mol. The first-order valence-electron chi connectivity index (χ1n) is 11.8. The summed E-state index contributed by atoms with van der Waals surface area (Å²) in [5.74, 6) is -0.780. The number of nitrogens with zero attached hydrogens (tertiary/aromatic N) is 1. The number of halogens is 1. The number of carbonyl (C=O) groups excluding carboxylic acids is 2. The summed E-state index contributed by atoms with van der Waals surface area (Å²) >= 11 is 6.38. The van der Waals surface area contributed by atoms with Crippen molar-refractivity contribution in [3.63, 3.8) is 0 Å². The lowest BCUT2D eigenvalue weighted by molar-refractivity contribution is -0.132. The molecule has 4 rings (SSSR count). The molecular formula is C29H28ClNO5. The van der Waals surface area contributed by atoms with Gasteiger partial charge in [-0.05, 0) is 73.9 Å². The molecule has 1 unspecified atom stereocenters. The lowest BCUT2D eigenvalue weighted by Crippen LogP contribution is -2.29. The maximum atomic E-state index is 13.4. The van der Waals surface area contributed by atoms with E-state index in [-0.39, 0.29) is 28.0 Å². The van der Waals surface area contributed by atoms with Crippen LogP contribution in [0.1, 0.15) is 43.5 Å². The van der Waals surface area contributed by atoms with Crippen LogP contribution in [0.25, 0.3) is 5.76 Å². The first kappa shape index (κ1) is 25.3. The highest BCUT2D eigenvalue weighted by molar-refractivity contribution is 6.52. The van der Waals surface area contributed by atoms with Crippen LogP contribution in [0.2, 0.25) is 5.02 Å². The van der Waals surface area contributed by atoms with Gasteiger partial charge in [-0.1, -0.05) is 42.8 Å². The fourth-order valence-electron chi connectivity index (χ4n) is 4.27. The Kier molecular flexibility index (Phi) is 7.36. The number of hydrogen-bond donors (Lipinski definition) is 1. The highest BCUT2D eigenvalue weighted by atomic mass is 35.5. The summed E-state index contributed by atoms with van der Waals surface area (Å²) in [6.45, 7) is 5.90. The minimum absolute atomic E-state index is 0.00484. The van der Waals surface area contributed by atoms with Gasteiger partial charge in [0.2, 0.25) is 0 Å². The maximum Gasteiger partial charge on any atom is 0.300 e. The van der Waals surface area contributed by atoms with Crippen LogP contribution >= 0.6 is 11.6 Å². The van der Waals surface area contributed by atoms with Crippen molar-refractivity contribution in [2.75, 3.05) is 12.0 Å². The molecule has 7 heteroatoms. The number of benzene rings is 3. The van der Waals surface area contributed by atoms with Crippen molar-refractivity contribution in [1.29, 1.82) is 0 Å². The van der Waals surface area contributed by atoms with Gasteiger partial charge in [0.25, 0.3) is 11.7 Å². The summed E-state index contributed by atoms with van der Waals surface area (Å²) in [5.41, 5.74) is 2.48. The van der Waals surface area contributed by atoms with E-state index in [2.05, 4.69) is 0 Å². The van der Waals surface area contributed by atoms with E-state index < -0.39 is 17.7 Å². The van der Waals surface area contributed by atoms with Crippen molar-refractivity contribution in [3.05, 3.63) is 94.0 Å². The van der Waals surface area contributed by atoms with Crippen molar-refractivity contribution in [1.82, 2.24) is 0 Å². The maximum absolute atomic E-state index is 13.4. The summed E-state index contributed by atoms with van der Waals surface area (Å²) < 4.78 is 11.0. The van der Waals surface area contributed by atoms with Gasteiger partial charge < -0.3 is 14.6 Å². The Labute approximate surface area is 215 Å². The zero-order valence-corrected chi connectivity index (χ0v) is 21.4. The monoisotopic (exact) mass is 505 g/mol. The summed E-state index contributed by atoms with van der Waals surface area (Å²) in [7, 11) is 1.49. The lowest BCUT2D eigenvalue weighted by atomic mass is 9.94. The second-order valence-electron chi connectivity index (χ2n) is 8.77. The zero-order chi connectivity index (χ0) is 26.0. The first-order chi connectivity index (χ1) is 17.2. The van der Waals surface area contributed by atoms with E-state index in [4.69, 9.17) is 21.1 Å². The number of Topliss-reactive ketones (excluding diaryl/α,β-unsaturated/α-hetero) is 1. The topological polar surface area (TPSA) is 76.1 Å². The fraction of sp³-hybridized carbons (Fsp3) is 0.241. The number of aryl methyl sites for hydroxylation is 1. The molecule has 0 spiro atoms. The van der Waals surface area contributed by atoms with Crippen molar-refractivity contribution in [3.8, 4) is 11.5 Å². The molecule has 1 fully saturated rings. The molecule has 36 heavy (non-hydrogen) atoms. The SMILES string of the molecule is CCc1ccc(C2/C(=C(\O)c3cc(OC)ccc3Cl)C(=O)C(=O)N2c2ccc(OC(C)C)cc2)cc1. The van der Waals surface area contributed by atoms with Crippen LogP contribution in [-0.4, -0.2) is 30.0 Å². The third kappa shape index (κ3) is 4.82. The normalized spacial score (nSPS) is 17.1. The standard InChI is InChI=1S/C29H28ClNO5/c1-5-18-6-8-19(9-7-18)26-25(27(32)23-16-22(35-4)14-15-24(23)30)28(33)29(34)31(26)20-10-12-21(13-11-20)36-17(2)3/h6-17,26,32H,5H2,1-4H3/b27-25+. The number of ether oxygens (including phenoxy) is 2. The van der Waals surface area contributed by atoms with Crippen LogP contribution in [0.5, 0.6) is 11.5 Å². The van der Waals surface area contributed by atoms with Gasteiger partial charge in [-0.2, -0.15) is 0 Å². The molecule has 1 amide bonds. The smallest absolute Gasteiger partial charge is 0.300 e. The minimum Gasteiger partial charge on any atom is -0.507 e. The van der Waals surface area contributed by atoms with Gasteiger partial charge in [-0.3, -0.25) is 14.5 Å². The highest BCUT2D eigenvalue weighted by Gasteiger charge is 2.47. The summed E-state index contributed by atoms with van der Waals surface area (Å²) in [5, 5.41) is 11.6. The van der Waals surface area contributed by atoms with E-state index in [9.17, 15) is 14.7 Å². The number of amides is 1. The highest BCUT2D eigenvalue weighted by Crippen LogP contribution is 2.43. The van der Waals surface area contributed by atoms with Crippen LogP contribution in [0, 0.1) is 0 Å². The molecule has 1 aliphatic rings. The van der Waals surface area contributed by atoms with Crippen molar-refractivity contribution < 1.29 is 24.2 Å². The minimum atomic E-state index is -0.852. The molecular weight excluding hydrogens is 478 g/mol. The van der Waals surface area contributed by atoms with Crippen molar-refractivity contribution in [2.45, 2.75) is 39.3 Å². The number of hydrogen-bond acceptors (Lipinski definition) is 5. The summed E-state index contributed by atoms with van der Waals surface area (Å²) in [6.07, 6.45) is 0.840. The first-order valence-corrected chi connectivity index (χ1v) is 12.1. The van der Waals surface area contributed by atoms with E-state index in [0.717, 1.165) is 12.0 Å². The van der Waals surface area contributed by atoms with Gasteiger partial charge in [0.1, 0.15) is 17.3 Å². The molecule has 1 atom stereocenters. The Hall–Kier alpha value is -3.77. The molecule has 0 saturated carbocycles. The van der Waals surface area contributed by atoms with Gasteiger partial charge in [0.15, 0.2) is 0 Å². The molecule has 6 nitrogen and oxygen atoms in total. The van der Waals surface area contributed by atoms with Crippen molar-refractivity contribution in [2.24, 2.45) is 0 Å². The van der Waals surface area contributed by atoms with E-state index >= 15 is 0 Å². The summed E-state index contributed by atoms with van der Waals surface area (Å²) in [6, 6.07) is 18.5. The Morgan fingerprint density at radius 3 is 2.22 bits per heavy atom. The van der Waals surface area contributed by atoms with Crippen LogP contribution in [-0.2, 0) is 16.0 Å². The largest absolute Gasteiger partial charge is 0.507 e. The second-order valence-corrected chi connectivity index (χ2v) is 9.18. The summed E-state index contributed by atoms with van der Waals surface area (Å²) in [4.78, 5) is 28.2. The average Bonchev–Trinajstić information content (AvgIpc) is 3.14. The number of methoxy groups -OCH3 is 1. The molecule has 0 aromatic heterocycles. The Morgan fingerprint density at radius 1 is 1.00 bits per heavy atom. The Morgan fingerprint density at radius 2 is 1.64 bits per heavy atom. The van der Waals surface area contributed by atoms with Gasteiger partial charge in [0, 0.05) is 11.3 Å². The Balaban J connectivity index is 1.90. The van der Waals surface area contributed by atoms with E-state index in [1.165, 1.54) is 12.0 Å². The predicted octanol–water partition coefficient (Wildman–Crippen LogP) is 6.32. The van der Waals surface area contributed by atoms with E-state index in [1.54, 1.807) is 42.5 Å². The van der Waals surface area contributed by atoms with Gasteiger partial charge >= 0.3 is 0 Å². The van der Waals surface area contributed by atoms with Gasteiger partial charge in [-0.15, -0.1) is 0 Å². The third-order valence-corrected chi connectivity index (χ3v) is 6.39. The number of carbonyl (C=O) groups is 2. The van der Waals surface area contributed by atoms with E-state index in [0.29, 0.717) is 22.7 Å². The number of aliphatic hydroxyl groups is 1. The van der Waals surface area contributed by atoms with Crippen LogP contribution < -0.4 is 14.4 Å². The van der Waals surface area contributed by atoms with E-state index in [1.807, 2.05) is 45.0 Å². The molecule has 0 bridgehead atoms. The molecule has 1 aliphatic heterocycles. The quantitative estimate of drug-likeness (QED) is 0.231. The molecule has 3 aromatic rings. The molecule has 1 saturated heterocycles. The number of rotatable bonds is 7. The number of anilines is 1. The zero-order valence-electron chi connectivity index (χ0n) is 20.6. The van der Waals surface area contributed by atoms with Gasteiger partial charge in [-0.25, -0.2) is 0 Å². The molecule has 0 aliphatic carbocycles. The Bertz CT molecular complexity index is 1310. The third-order valence-electron chi connectivity index (χ3n) is 6.06. The number of ketones is 1. The molecule has 1 heterocycles. The van der Waals surface area contributed by atoms with Crippen LogP contribution in [0.15, 0.2) is 72.3 Å². The lowest BCUT2D eigenvalue weighted by Gasteiger charge is -2.26. The van der Waals surface area contributed by atoms with Crippen molar-refractivity contribution >= 4 is 34.7 Å². The molecule has 186 valence electrons. The molecule has 1 N–H and O–H groups in total.